The Balaban J connectivity index is 1.70. The van der Waals surface area contributed by atoms with E-state index in [-0.39, 0.29) is 0 Å². The van der Waals surface area contributed by atoms with Gasteiger partial charge in [0.05, 0.1) is 0 Å². The van der Waals surface area contributed by atoms with E-state index < -0.39 is 0 Å². The molecular formula is C15H27NO. The highest BCUT2D eigenvalue weighted by Crippen LogP contribution is 2.29. The molecule has 0 aromatic heterocycles. The number of nitrogens with zero attached hydrogens (tertiary/aromatic N) is 1. The first-order valence-electron chi connectivity index (χ1n) is 7.53. The van der Waals surface area contributed by atoms with Crippen LogP contribution >= 0.6 is 0 Å². The lowest BCUT2D eigenvalue weighted by atomic mass is 9.94. The normalized spacial score (nSPS) is 22.9. The zero-order chi connectivity index (χ0) is 12.1. The van der Waals surface area contributed by atoms with Gasteiger partial charge < -0.3 is 4.90 Å². The standard InChI is InChI=1S/C15H27NO/c1-16(14-9-3-2-4-10-14)15(17)12-11-13-7-5-6-8-13/h13-14H,2-12H2,1H3. The van der Waals surface area contributed by atoms with Crippen LogP contribution in [-0.4, -0.2) is 23.9 Å². The van der Waals surface area contributed by atoms with Gasteiger partial charge in [-0.2, -0.15) is 0 Å². The molecule has 1 amide bonds. The molecule has 0 bridgehead atoms. The minimum absolute atomic E-state index is 0.392. The van der Waals surface area contributed by atoms with Gasteiger partial charge >= 0.3 is 0 Å². The molecule has 0 aromatic rings. The predicted octanol–water partition coefficient (Wildman–Crippen LogP) is 3.75. The van der Waals surface area contributed by atoms with Gasteiger partial charge in [0.2, 0.25) is 5.91 Å². The van der Waals surface area contributed by atoms with Crippen LogP contribution in [-0.2, 0) is 4.79 Å². The van der Waals surface area contributed by atoms with Crippen LogP contribution in [0.25, 0.3) is 0 Å². The van der Waals surface area contributed by atoms with Crippen molar-refractivity contribution in [1.82, 2.24) is 4.90 Å². The summed E-state index contributed by atoms with van der Waals surface area (Å²) in [5.41, 5.74) is 0. The summed E-state index contributed by atoms with van der Waals surface area (Å²) in [5.74, 6) is 1.24. The van der Waals surface area contributed by atoms with Crippen molar-refractivity contribution in [1.29, 1.82) is 0 Å². The molecule has 2 nitrogen and oxygen atoms in total. The van der Waals surface area contributed by atoms with Crippen molar-refractivity contribution < 1.29 is 4.79 Å². The van der Waals surface area contributed by atoms with E-state index in [1.54, 1.807) is 0 Å². The van der Waals surface area contributed by atoms with Gasteiger partial charge in [0.15, 0.2) is 0 Å². The Morgan fingerprint density at radius 2 is 1.59 bits per heavy atom. The van der Waals surface area contributed by atoms with Crippen LogP contribution in [0, 0.1) is 5.92 Å². The minimum atomic E-state index is 0.392. The Morgan fingerprint density at radius 1 is 1.00 bits per heavy atom. The third-order valence-electron chi connectivity index (χ3n) is 4.76. The summed E-state index contributed by atoms with van der Waals surface area (Å²) in [4.78, 5) is 14.2. The van der Waals surface area contributed by atoms with E-state index in [0.717, 1.165) is 18.8 Å². The van der Waals surface area contributed by atoms with Crippen molar-refractivity contribution >= 4 is 5.91 Å². The van der Waals surface area contributed by atoms with Gasteiger partial charge in [-0.25, -0.2) is 0 Å². The second-order valence-electron chi connectivity index (χ2n) is 5.99. The maximum absolute atomic E-state index is 12.1. The Labute approximate surface area is 106 Å². The maximum atomic E-state index is 12.1. The zero-order valence-electron chi connectivity index (χ0n) is 11.3. The fourth-order valence-electron chi connectivity index (χ4n) is 3.47. The van der Waals surface area contributed by atoms with Crippen LogP contribution in [0.2, 0.25) is 0 Å². The first-order valence-corrected chi connectivity index (χ1v) is 7.53. The Kier molecular flexibility index (Phi) is 4.87. The number of amides is 1. The van der Waals surface area contributed by atoms with Gasteiger partial charge in [-0.15, -0.1) is 0 Å². The topological polar surface area (TPSA) is 20.3 Å². The number of hydrogen-bond acceptors (Lipinski definition) is 1. The van der Waals surface area contributed by atoms with E-state index in [4.69, 9.17) is 0 Å². The van der Waals surface area contributed by atoms with E-state index in [0.29, 0.717) is 11.9 Å². The lowest BCUT2D eigenvalue weighted by Gasteiger charge is -2.31. The molecule has 0 spiro atoms. The average molecular weight is 237 g/mol. The molecule has 0 N–H and O–H groups in total. The second kappa shape index (κ2) is 6.42. The van der Waals surface area contributed by atoms with Crippen molar-refractivity contribution in [3.63, 3.8) is 0 Å². The number of carbonyl (C=O) groups excluding carboxylic acids is 1. The minimum Gasteiger partial charge on any atom is -0.343 e. The van der Waals surface area contributed by atoms with Crippen LogP contribution in [0.15, 0.2) is 0 Å². The first kappa shape index (κ1) is 12.9. The van der Waals surface area contributed by atoms with Crippen molar-refractivity contribution in [2.75, 3.05) is 7.05 Å². The highest BCUT2D eigenvalue weighted by Gasteiger charge is 2.23. The van der Waals surface area contributed by atoms with Crippen molar-refractivity contribution in [3.05, 3.63) is 0 Å². The lowest BCUT2D eigenvalue weighted by Crippen LogP contribution is -2.38. The van der Waals surface area contributed by atoms with Gasteiger partial charge in [-0.1, -0.05) is 44.9 Å². The fraction of sp³-hybridized carbons (Fsp3) is 0.933. The highest BCUT2D eigenvalue weighted by molar-refractivity contribution is 5.76. The molecule has 0 radical (unpaired) electrons. The molecule has 0 saturated heterocycles. The molecule has 0 aromatic carbocycles. The van der Waals surface area contributed by atoms with E-state index in [9.17, 15) is 4.79 Å². The van der Waals surface area contributed by atoms with Gasteiger partial charge in [0.25, 0.3) is 0 Å². The van der Waals surface area contributed by atoms with Crippen LogP contribution in [0.4, 0.5) is 0 Å². The number of hydrogen-bond donors (Lipinski definition) is 0. The highest BCUT2D eigenvalue weighted by atomic mass is 16.2. The van der Waals surface area contributed by atoms with Crippen molar-refractivity contribution in [2.45, 2.75) is 76.7 Å². The average Bonchev–Trinajstić information content (AvgIpc) is 2.89. The summed E-state index contributed by atoms with van der Waals surface area (Å²) in [5, 5.41) is 0. The van der Waals surface area contributed by atoms with Gasteiger partial charge in [0, 0.05) is 19.5 Å². The largest absolute Gasteiger partial charge is 0.343 e. The summed E-state index contributed by atoms with van der Waals surface area (Å²) in [6, 6.07) is 0.542. The molecule has 0 unspecified atom stereocenters. The van der Waals surface area contributed by atoms with Crippen molar-refractivity contribution in [3.8, 4) is 0 Å². The third kappa shape index (κ3) is 3.72. The number of rotatable bonds is 4. The third-order valence-corrected chi connectivity index (χ3v) is 4.76. The molecule has 0 aliphatic heterocycles. The SMILES string of the molecule is CN(C(=O)CCC1CCCC1)C1CCCCC1. The maximum Gasteiger partial charge on any atom is 0.222 e. The second-order valence-corrected chi connectivity index (χ2v) is 5.99. The molecule has 2 saturated carbocycles. The van der Waals surface area contributed by atoms with Crippen molar-refractivity contribution in [2.24, 2.45) is 5.92 Å². The molecule has 2 aliphatic rings. The molecule has 0 heterocycles. The monoisotopic (exact) mass is 237 g/mol. The molecule has 17 heavy (non-hydrogen) atoms. The quantitative estimate of drug-likeness (QED) is 0.729. The fourth-order valence-corrected chi connectivity index (χ4v) is 3.47. The molecule has 2 rings (SSSR count). The van der Waals surface area contributed by atoms with Gasteiger partial charge in [-0.05, 0) is 25.2 Å². The molecule has 2 aliphatic carbocycles. The van der Waals surface area contributed by atoms with Crippen LogP contribution in [0.3, 0.4) is 0 Å². The van der Waals surface area contributed by atoms with E-state index in [2.05, 4.69) is 0 Å². The Hall–Kier alpha value is -0.530. The van der Waals surface area contributed by atoms with E-state index in [1.165, 1.54) is 57.8 Å². The Bertz CT molecular complexity index is 239. The number of carbonyl (C=O) groups is 1. The zero-order valence-corrected chi connectivity index (χ0v) is 11.3. The summed E-state index contributed by atoms with van der Waals surface area (Å²) >= 11 is 0. The van der Waals surface area contributed by atoms with Gasteiger partial charge in [0.1, 0.15) is 0 Å². The summed E-state index contributed by atoms with van der Waals surface area (Å²) in [6.07, 6.45) is 13.9. The molecule has 2 fully saturated rings. The lowest BCUT2D eigenvalue weighted by molar-refractivity contribution is -0.132. The van der Waals surface area contributed by atoms with E-state index in [1.807, 2.05) is 11.9 Å². The van der Waals surface area contributed by atoms with E-state index >= 15 is 0 Å². The Morgan fingerprint density at radius 3 is 2.24 bits per heavy atom. The van der Waals surface area contributed by atoms with Crippen LogP contribution in [0.1, 0.15) is 70.6 Å². The smallest absolute Gasteiger partial charge is 0.222 e. The van der Waals surface area contributed by atoms with Gasteiger partial charge in [-0.3, -0.25) is 4.79 Å². The van der Waals surface area contributed by atoms with Crippen LogP contribution in [0.5, 0.6) is 0 Å². The summed E-state index contributed by atoms with van der Waals surface area (Å²) < 4.78 is 0. The predicted molar refractivity (Wildman–Crippen MR) is 70.8 cm³/mol. The summed E-state index contributed by atoms with van der Waals surface area (Å²) in [6.45, 7) is 0. The van der Waals surface area contributed by atoms with Crippen LogP contribution < -0.4 is 0 Å². The first-order chi connectivity index (χ1) is 8.27. The summed E-state index contributed by atoms with van der Waals surface area (Å²) in [7, 11) is 2.02. The molecule has 98 valence electrons. The molecular weight excluding hydrogens is 210 g/mol. The molecule has 2 heteroatoms. The molecule has 0 atom stereocenters.